The van der Waals surface area contributed by atoms with E-state index in [4.69, 9.17) is 9.47 Å². The van der Waals surface area contributed by atoms with Crippen LogP contribution in [0.15, 0.2) is 42.0 Å². The largest absolute Gasteiger partial charge is 0.493 e. The van der Waals surface area contributed by atoms with Gasteiger partial charge in [-0.05, 0) is 61.7 Å². The summed E-state index contributed by atoms with van der Waals surface area (Å²) in [5, 5.41) is 2.24. The van der Waals surface area contributed by atoms with Crippen molar-refractivity contribution in [2.75, 3.05) is 18.6 Å². The number of benzene rings is 2. The number of rotatable bonds is 5. The molecule has 0 atom stereocenters. The van der Waals surface area contributed by atoms with Crippen molar-refractivity contribution < 1.29 is 23.9 Å². The Labute approximate surface area is 168 Å². The molecule has 3 rings (SSSR count). The molecule has 1 fully saturated rings. The van der Waals surface area contributed by atoms with Gasteiger partial charge in [-0.2, -0.15) is 0 Å². The second-order valence-electron chi connectivity index (χ2n) is 6.52. The number of nitrogens with one attached hydrogen (secondary N) is 1. The molecule has 1 N–H and O–H groups in total. The van der Waals surface area contributed by atoms with E-state index in [0.29, 0.717) is 29.4 Å². The van der Waals surface area contributed by atoms with Crippen LogP contribution in [0.4, 0.5) is 10.5 Å². The van der Waals surface area contributed by atoms with Crippen molar-refractivity contribution in [1.29, 1.82) is 0 Å². The third-order valence-corrected chi connectivity index (χ3v) is 4.72. The van der Waals surface area contributed by atoms with Gasteiger partial charge in [0.05, 0.1) is 19.4 Å². The van der Waals surface area contributed by atoms with Crippen molar-refractivity contribution in [2.45, 2.75) is 20.8 Å². The lowest BCUT2D eigenvalue weighted by atomic mass is 10.0. The minimum absolute atomic E-state index is 0.141. The summed E-state index contributed by atoms with van der Waals surface area (Å²) in [5.74, 6) is -0.382. The molecule has 2 aromatic carbocycles. The summed E-state index contributed by atoms with van der Waals surface area (Å²) >= 11 is 0. The van der Waals surface area contributed by atoms with E-state index in [-0.39, 0.29) is 5.57 Å². The van der Waals surface area contributed by atoms with Gasteiger partial charge in [0.2, 0.25) is 0 Å². The fourth-order valence-electron chi connectivity index (χ4n) is 3.07. The topological polar surface area (TPSA) is 84.9 Å². The molecule has 7 heteroatoms. The van der Waals surface area contributed by atoms with E-state index in [2.05, 4.69) is 5.32 Å². The van der Waals surface area contributed by atoms with E-state index in [9.17, 15) is 14.4 Å². The summed E-state index contributed by atoms with van der Waals surface area (Å²) in [6.07, 6.45) is 1.43. The summed E-state index contributed by atoms with van der Waals surface area (Å²) < 4.78 is 10.8. The van der Waals surface area contributed by atoms with Crippen LogP contribution in [0, 0.1) is 13.8 Å². The van der Waals surface area contributed by atoms with Crippen molar-refractivity contribution in [3.05, 3.63) is 58.7 Å². The van der Waals surface area contributed by atoms with Crippen LogP contribution in [0.3, 0.4) is 0 Å². The molecule has 7 nitrogen and oxygen atoms in total. The van der Waals surface area contributed by atoms with Gasteiger partial charge in [0, 0.05) is 0 Å². The number of barbiturate groups is 1. The van der Waals surface area contributed by atoms with Gasteiger partial charge in [-0.15, -0.1) is 0 Å². The number of ether oxygens (including phenoxy) is 2. The van der Waals surface area contributed by atoms with Gasteiger partial charge >= 0.3 is 6.03 Å². The van der Waals surface area contributed by atoms with Crippen LogP contribution in [0.25, 0.3) is 6.08 Å². The number of hydrogen-bond acceptors (Lipinski definition) is 5. The second kappa shape index (κ2) is 8.18. The molecule has 1 saturated heterocycles. The number of amides is 4. The number of methoxy groups -OCH3 is 1. The van der Waals surface area contributed by atoms with Crippen LogP contribution in [0.1, 0.15) is 23.6 Å². The lowest BCUT2D eigenvalue weighted by molar-refractivity contribution is -0.122. The first-order valence-electron chi connectivity index (χ1n) is 9.15. The minimum Gasteiger partial charge on any atom is -0.493 e. The third kappa shape index (κ3) is 3.85. The normalized spacial score (nSPS) is 15.5. The van der Waals surface area contributed by atoms with Gasteiger partial charge < -0.3 is 9.47 Å². The monoisotopic (exact) mass is 394 g/mol. The maximum atomic E-state index is 13.1. The van der Waals surface area contributed by atoms with Crippen molar-refractivity contribution >= 4 is 29.6 Å². The smallest absolute Gasteiger partial charge is 0.335 e. The molecule has 0 bridgehead atoms. The SMILES string of the molecule is CCOc1cc(/C=C2\C(=O)NC(=O)N(c3cccc(C)c3C)C2=O)ccc1OC. The first-order valence-corrected chi connectivity index (χ1v) is 9.15. The molecule has 29 heavy (non-hydrogen) atoms. The van der Waals surface area contributed by atoms with Gasteiger partial charge in [0.25, 0.3) is 11.8 Å². The predicted octanol–water partition coefficient (Wildman–Crippen LogP) is 3.38. The molecule has 0 spiro atoms. The van der Waals surface area contributed by atoms with Gasteiger partial charge in [0.15, 0.2) is 11.5 Å². The molecule has 0 aliphatic carbocycles. The Hall–Kier alpha value is -3.61. The summed E-state index contributed by atoms with van der Waals surface area (Å²) in [6.45, 7) is 5.99. The van der Waals surface area contributed by atoms with Crippen LogP contribution in [0.5, 0.6) is 11.5 Å². The van der Waals surface area contributed by atoms with Crippen LogP contribution < -0.4 is 19.7 Å². The lowest BCUT2D eigenvalue weighted by Gasteiger charge is -2.28. The molecule has 150 valence electrons. The Bertz CT molecular complexity index is 1030. The Balaban J connectivity index is 2.04. The molecule has 4 amide bonds. The number of anilines is 1. The summed E-state index contributed by atoms with van der Waals surface area (Å²) in [7, 11) is 1.53. The molecule has 1 aliphatic rings. The quantitative estimate of drug-likeness (QED) is 0.621. The molecule has 0 saturated carbocycles. The van der Waals surface area contributed by atoms with Crippen molar-refractivity contribution in [3.63, 3.8) is 0 Å². The number of urea groups is 1. The number of hydrogen-bond donors (Lipinski definition) is 1. The van der Waals surface area contributed by atoms with Crippen molar-refractivity contribution in [3.8, 4) is 11.5 Å². The zero-order chi connectivity index (χ0) is 21.1. The number of carbonyl (C=O) groups is 3. The van der Waals surface area contributed by atoms with E-state index in [1.54, 1.807) is 30.3 Å². The van der Waals surface area contributed by atoms with Crippen molar-refractivity contribution in [2.24, 2.45) is 0 Å². The average Bonchev–Trinajstić information content (AvgIpc) is 2.69. The highest BCUT2D eigenvalue weighted by molar-refractivity contribution is 6.39. The van der Waals surface area contributed by atoms with Crippen LogP contribution in [-0.2, 0) is 9.59 Å². The Morgan fingerprint density at radius 1 is 1.07 bits per heavy atom. The van der Waals surface area contributed by atoms with Crippen molar-refractivity contribution in [1.82, 2.24) is 5.32 Å². The molecule has 1 aliphatic heterocycles. The Kier molecular flexibility index (Phi) is 5.68. The third-order valence-electron chi connectivity index (χ3n) is 4.72. The zero-order valence-corrected chi connectivity index (χ0v) is 16.7. The Morgan fingerprint density at radius 2 is 1.83 bits per heavy atom. The Morgan fingerprint density at radius 3 is 2.52 bits per heavy atom. The number of aryl methyl sites for hydroxylation is 1. The van der Waals surface area contributed by atoms with Gasteiger partial charge in [0.1, 0.15) is 5.57 Å². The van der Waals surface area contributed by atoms with E-state index in [1.807, 2.05) is 26.8 Å². The molecule has 1 heterocycles. The highest BCUT2D eigenvalue weighted by Crippen LogP contribution is 2.30. The minimum atomic E-state index is -0.768. The molecule has 0 radical (unpaired) electrons. The molecular formula is C22H22N2O5. The standard InChI is InChI=1S/C22H22N2O5/c1-5-29-19-12-15(9-10-18(19)28-4)11-16-20(25)23-22(27)24(21(16)26)17-8-6-7-13(2)14(17)3/h6-12H,5H2,1-4H3,(H,23,25,27)/b16-11+. The van der Waals surface area contributed by atoms with E-state index < -0.39 is 17.8 Å². The first kappa shape index (κ1) is 20.1. The summed E-state index contributed by atoms with van der Waals surface area (Å²) in [4.78, 5) is 38.8. The van der Waals surface area contributed by atoms with Gasteiger partial charge in [-0.1, -0.05) is 18.2 Å². The van der Waals surface area contributed by atoms with Crippen LogP contribution >= 0.6 is 0 Å². The second-order valence-corrected chi connectivity index (χ2v) is 6.52. The summed E-state index contributed by atoms with van der Waals surface area (Å²) in [6, 6.07) is 9.62. The van der Waals surface area contributed by atoms with Gasteiger partial charge in [-0.3, -0.25) is 14.9 Å². The fourth-order valence-corrected chi connectivity index (χ4v) is 3.07. The zero-order valence-electron chi connectivity index (χ0n) is 16.7. The van der Waals surface area contributed by atoms with Crippen LogP contribution in [0.2, 0.25) is 0 Å². The molecule has 2 aromatic rings. The fraction of sp³-hybridized carbons (Fsp3) is 0.227. The average molecular weight is 394 g/mol. The number of imide groups is 2. The predicted molar refractivity (Wildman–Crippen MR) is 109 cm³/mol. The first-order chi connectivity index (χ1) is 13.9. The number of nitrogens with zero attached hydrogens (tertiary/aromatic N) is 1. The summed E-state index contributed by atoms with van der Waals surface area (Å²) in [5.41, 5.74) is 2.59. The molecule has 0 aromatic heterocycles. The maximum absolute atomic E-state index is 13.1. The van der Waals surface area contributed by atoms with E-state index >= 15 is 0 Å². The maximum Gasteiger partial charge on any atom is 0.335 e. The van der Waals surface area contributed by atoms with Crippen LogP contribution in [-0.4, -0.2) is 31.6 Å². The molecule has 0 unspecified atom stereocenters. The highest BCUT2D eigenvalue weighted by atomic mass is 16.5. The number of carbonyl (C=O) groups excluding carboxylic acids is 3. The molecular weight excluding hydrogens is 372 g/mol. The highest BCUT2D eigenvalue weighted by Gasteiger charge is 2.37. The van der Waals surface area contributed by atoms with E-state index in [1.165, 1.54) is 13.2 Å². The van der Waals surface area contributed by atoms with E-state index in [0.717, 1.165) is 16.0 Å². The lowest BCUT2D eigenvalue weighted by Crippen LogP contribution is -2.54. The van der Waals surface area contributed by atoms with Gasteiger partial charge in [-0.25, -0.2) is 9.69 Å².